The van der Waals surface area contributed by atoms with E-state index in [9.17, 15) is 14.4 Å². The first-order valence-corrected chi connectivity index (χ1v) is 7.35. The topological polar surface area (TPSA) is 84.5 Å². The normalized spacial score (nSPS) is 9.95. The second-order valence-corrected chi connectivity index (χ2v) is 5.14. The fraction of sp³-hybridized carbons (Fsp3) is 0.357. The first-order chi connectivity index (χ1) is 10.4. The summed E-state index contributed by atoms with van der Waals surface area (Å²) >= 11 is 11.5. The number of amides is 2. The summed E-state index contributed by atoms with van der Waals surface area (Å²) in [5, 5.41) is 5.49. The molecule has 1 aromatic rings. The molecule has 0 spiro atoms. The van der Waals surface area contributed by atoms with Crippen molar-refractivity contribution >= 4 is 41.0 Å². The first kappa shape index (κ1) is 18.3. The van der Waals surface area contributed by atoms with Crippen LogP contribution in [0, 0.1) is 0 Å². The second kappa shape index (κ2) is 9.27. The molecule has 1 aromatic carbocycles. The van der Waals surface area contributed by atoms with Crippen LogP contribution in [0.2, 0.25) is 10.0 Å². The highest BCUT2D eigenvalue weighted by atomic mass is 35.5. The lowest BCUT2D eigenvalue weighted by Crippen LogP contribution is -2.34. The van der Waals surface area contributed by atoms with E-state index in [1.54, 1.807) is 0 Å². The van der Waals surface area contributed by atoms with E-state index in [-0.39, 0.29) is 29.6 Å². The molecule has 0 heterocycles. The minimum Gasteiger partial charge on any atom is -0.454 e. The van der Waals surface area contributed by atoms with Crippen molar-refractivity contribution in [1.82, 2.24) is 10.6 Å². The summed E-state index contributed by atoms with van der Waals surface area (Å²) in [7, 11) is 0. The molecule has 0 unspecified atom stereocenters. The van der Waals surface area contributed by atoms with Gasteiger partial charge in [0.1, 0.15) is 6.54 Å². The summed E-state index contributed by atoms with van der Waals surface area (Å²) in [6, 6.07) is 4.35. The van der Waals surface area contributed by atoms with Crippen molar-refractivity contribution < 1.29 is 19.1 Å². The zero-order chi connectivity index (χ0) is 16.5. The van der Waals surface area contributed by atoms with Gasteiger partial charge in [0.05, 0.1) is 10.0 Å². The number of benzene rings is 1. The molecule has 0 aromatic heterocycles. The van der Waals surface area contributed by atoms with Crippen molar-refractivity contribution in [2.45, 2.75) is 13.3 Å². The Morgan fingerprint density at radius 2 is 1.86 bits per heavy atom. The molecule has 2 amide bonds. The molecular weight excluding hydrogens is 331 g/mol. The molecule has 0 fully saturated rings. The summed E-state index contributed by atoms with van der Waals surface area (Å²) in [5.41, 5.74) is 0.267. The molecule has 0 aliphatic rings. The van der Waals surface area contributed by atoms with Crippen molar-refractivity contribution in [2.75, 3.05) is 19.7 Å². The van der Waals surface area contributed by atoms with Crippen LogP contribution in [0.3, 0.4) is 0 Å². The lowest BCUT2D eigenvalue weighted by Gasteiger charge is -2.07. The molecule has 1 rings (SSSR count). The minimum absolute atomic E-state index is 0.240. The molecule has 120 valence electrons. The van der Waals surface area contributed by atoms with Crippen LogP contribution in [0.25, 0.3) is 0 Å². The van der Waals surface area contributed by atoms with Crippen LogP contribution in [0.5, 0.6) is 0 Å². The smallest absolute Gasteiger partial charge is 0.325 e. The maximum absolute atomic E-state index is 11.8. The van der Waals surface area contributed by atoms with E-state index >= 15 is 0 Å². The van der Waals surface area contributed by atoms with Crippen LogP contribution in [-0.2, 0) is 14.3 Å². The van der Waals surface area contributed by atoms with E-state index in [1.165, 1.54) is 18.2 Å². The molecule has 0 saturated heterocycles. The summed E-state index contributed by atoms with van der Waals surface area (Å²) < 4.78 is 4.72. The third kappa shape index (κ3) is 6.32. The molecule has 0 aliphatic heterocycles. The molecule has 0 atom stereocenters. The van der Waals surface area contributed by atoms with Crippen LogP contribution in [0.4, 0.5) is 0 Å². The summed E-state index contributed by atoms with van der Waals surface area (Å²) in [5.74, 6) is -1.59. The minimum atomic E-state index is -0.708. The van der Waals surface area contributed by atoms with E-state index < -0.39 is 11.9 Å². The second-order valence-electron chi connectivity index (χ2n) is 4.32. The van der Waals surface area contributed by atoms with Gasteiger partial charge in [-0.25, -0.2) is 0 Å². The van der Waals surface area contributed by atoms with Gasteiger partial charge in [-0.3, -0.25) is 14.4 Å². The molecule has 2 N–H and O–H groups in total. The Morgan fingerprint density at radius 3 is 2.50 bits per heavy atom. The Balaban J connectivity index is 2.35. The Morgan fingerprint density at radius 1 is 1.14 bits per heavy atom. The lowest BCUT2D eigenvalue weighted by atomic mass is 10.2. The Kier molecular flexibility index (Phi) is 7.70. The Labute approximate surface area is 138 Å². The maximum atomic E-state index is 11.8. The molecule has 0 saturated carbocycles. The van der Waals surface area contributed by atoms with Gasteiger partial charge >= 0.3 is 5.97 Å². The van der Waals surface area contributed by atoms with Gasteiger partial charge in [-0.05, 0) is 24.6 Å². The van der Waals surface area contributed by atoms with Crippen LogP contribution in [0.15, 0.2) is 18.2 Å². The highest BCUT2D eigenvalue weighted by Gasteiger charge is 2.11. The number of hydrogen-bond acceptors (Lipinski definition) is 4. The number of nitrogens with one attached hydrogen (secondary N) is 2. The van der Waals surface area contributed by atoms with Gasteiger partial charge in [-0.1, -0.05) is 30.1 Å². The van der Waals surface area contributed by atoms with Crippen LogP contribution in [0.1, 0.15) is 23.7 Å². The predicted molar refractivity (Wildman–Crippen MR) is 83.1 cm³/mol. The average molecular weight is 347 g/mol. The fourth-order valence-electron chi connectivity index (χ4n) is 1.40. The number of halogens is 2. The molecular formula is C14H16Cl2N2O4. The van der Waals surface area contributed by atoms with Crippen molar-refractivity contribution in [2.24, 2.45) is 0 Å². The van der Waals surface area contributed by atoms with Gasteiger partial charge in [0.25, 0.3) is 11.8 Å². The number of hydrogen-bond donors (Lipinski definition) is 2. The summed E-state index contributed by atoms with van der Waals surface area (Å²) in [6.07, 6.45) is 0.791. The molecule has 0 aliphatic carbocycles. The van der Waals surface area contributed by atoms with Crippen molar-refractivity contribution in [3.63, 3.8) is 0 Å². The summed E-state index contributed by atoms with van der Waals surface area (Å²) in [4.78, 5) is 34.4. The van der Waals surface area contributed by atoms with E-state index in [0.717, 1.165) is 6.42 Å². The monoisotopic (exact) mass is 346 g/mol. The zero-order valence-corrected chi connectivity index (χ0v) is 13.5. The van der Waals surface area contributed by atoms with Crippen molar-refractivity contribution in [1.29, 1.82) is 0 Å². The van der Waals surface area contributed by atoms with Gasteiger partial charge in [-0.2, -0.15) is 0 Å². The van der Waals surface area contributed by atoms with Gasteiger partial charge < -0.3 is 15.4 Å². The molecule has 0 bridgehead atoms. The third-order valence-corrected chi connectivity index (χ3v) is 3.25. The number of carbonyl (C=O) groups is 3. The predicted octanol–water partition coefficient (Wildman–Crippen LogP) is 1.79. The molecule has 22 heavy (non-hydrogen) atoms. The van der Waals surface area contributed by atoms with Gasteiger partial charge in [0.15, 0.2) is 6.61 Å². The van der Waals surface area contributed by atoms with Gasteiger partial charge in [0.2, 0.25) is 0 Å². The number of esters is 1. The lowest BCUT2D eigenvalue weighted by molar-refractivity contribution is -0.147. The Hall–Kier alpha value is -1.79. The molecule has 0 radical (unpaired) electrons. The third-order valence-electron chi connectivity index (χ3n) is 2.51. The first-order valence-electron chi connectivity index (χ1n) is 6.59. The quantitative estimate of drug-likeness (QED) is 0.737. The zero-order valence-electron chi connectivity index (χ0n) is 11.9. The highest BCUT2D eigenvalue weighted by Crippen LogP contribution is 2.22. The van der Waals surface area contributed by atoms with E-state index in [0.29, 0.717) is 11.6 Å². The largest absolute Gasteiger partial charge is 0.454 e. The van der Waals surface area contributed by atoms with Crippen LogP contribution >= 0.6 is 23.2 Å². The number of carbonyl (C=O) groups excluding carboxylic acids is 3. The average Bonchev–Trinajstić information content (AvgIpc) is 2.51. The highest BCUT2D eigenvalue weighted by molar-refractivity contribution is 6.42. The molecule has 8 heteroatoms. The van der Waals surface area contributed by atoms with Gasteiger partial charge in [0, 0.05) is 12.1 Å². The van der Waals surface area contributed by atoms with Crippen molar-refractivity contribution in [3.05, 3.63) is 33.8 Å². The van der Waals surface area contributed by atoms with Crippen molar-refractivity contribution in [3.8, 4) is 0 Å². The van der Waals surface area contributed by atoms with Crippen LogP contribution in [-0.4, -0.2) is 37.5 Å². The maximum Gasteiger partial charge on any atom is 0.325 e. The van der Waals surface area contributed by atoms with E-state index in [4.69, 9.17) is 27.9 Å². The Bertz CT molecular complexity index is 564. The standard InChI is InChI=1S/C14H16Cl2N2O4/c1-2-5-17-12(19)8-22-13(20)7-18-14(21)9-3-4-10(15)11(16)6-9/h3-4,6H,2,5,7-8H2,1H3,(H,17,19)(H,18,21). The number of rotatable bonds is 7. The van der Waals surface area contributed by atoms with Gasteiger partial charge in [-0.15, -0.1) is 0 Å². The van der Waals surface area contributed by atoms with E-state index in [2.05, 4.69) is 10.6 Å². The fourth-order valence-corrected chi connectivity index (χ4v) is 1.70. The van der Waals surface area contributed by atoms with Crippen LogP contribution < -0.4 is 10.6 Å². The SMILES string of the molecule is CCCNC(=O)COC(=O)CNC(=O)c1ccc(Cl)c(Cl)c1. The van der Waals surface area contributed by atoms with E-state index in [1.807, 2.05) is 6.92 Å². The molecule has 6 nitrogen and oxygen atoms in total. The summed E-state index contributed by atoms with van der Waals surface area (Å²) in [6.45, 7) is 1.71. The number of ether oxygens (including phenoxy) is 1.